The maximum absolute atomic E-state index is 13.4. The minimum absolute atomic E-state index is 0.0281. The Morgan fingerprint density at radius 1 is 0.800 bits per heavy atom. The van der Waals surface area contributed by atoms with Crippen LogP contribution in [-0.2, 0) is 20.0 Å². The van der Waals surface area contributed by atoms with Crippen molar-refractivity contribution in [3.63, 3.8) is 0 Å². The molecular formula is C31H41N3O4S2. The second-order valence-electron chi connectivity index (χ2n) is 10.6. The van der Waals surface area contributed by atoms with E-state index in [9.17, 15) is 16.8 Å². The summed E-state index contributed by atoms with van der Waals surface area (Å²) in [6.07, 6.45) is 2.36. The zero-order chi connectivity index (χ0) is 28.8. The van der Waals surface area contributed by atoms with Gasteiger partial charge < -0.3 is 4.90 Å². The van der Waals surface area contributed by atoms with Crippen molar-refractivity contribution in [1.82, 2.24) is 13.5 Å². The molecule has 1 heterocycles. The van der Waals surface area contributed by atoms with E-state index < -0.39 is 20.0 Å². The summed E-state index contributed by atoms with van der Waals surface area (Å²) in [6.45, 7) is 7.13. The first-order valence-electron chi connectivity index (χ1n) is 14.0. The maximum atomic E-state index is 13.4. The lowest BCUT2D eigenvalue weighted by Crippen LogP contribution is -2.47. The smallest absolute Gasteiger partial charge is 0.243 e. The predicted molar refractivity (Wildman–Crippen MR) is 160 cm³/mol. The van der Waals surface area contributed by atoms with Crippen molar-refractivity contribution >= 4 is 20.0 Å². The van der Waals surface area contributed by atoms with E-state index in [-0.39, 0.29) is 12.0 Å². The van der Waals surface area contributed by atoms with Crippen LogP contribution in [0, 0.1) is 6.92 Å². The molecule has 40 heavy (non-hydrogen) atoms. The van der Waals surface area contributed by atoms with Gasteiger partial charge in [0.15, 0.2) is 0 Å². The van der Waals surface area contributed by atoms with Gasteiger partial charge in [-0.2, -0.15) is 4.31 Å². The second-order valence-corrected chi connectivity index (χ2v) is 14.5. The van der Waals surface area contributed by atoms with Crippen LogP contribution in [-0.4, -0.2) is 76.2 Å². The molecule has 3 aromatic carbocycles. The Morgan fingerprint density at radius 3 is 1.93 bits per heavy atom. The first kappa shape index (κ1) is 30.4. The fraction of sp³-hybridized carbons (Fsp3) is 0.419. The molecule has 1 aliphatic heterocycles. The van der Waals surface area contributed by atoms with Gasteiger partial charge in [0.25, 0.3) is 0 Å². The van der Waals surface area contributed by atoms with Crippen molar-refractivity contribution in [1.29, 1.82) is 0 Å². The number of likely N-dealkylation sites (N-methyl/N-ethyl adjacent to an activating group) is 1. The zero-order valence-electron chi connectivity index (χ0n) is 23.7. The van der Waals surface area contributed by atoms with Gasteiger partial charge in [-0.3, -0.25) is 0 Å². The fourth-order valence-corrected chi connectivity index (χ4v) is 8.44. The number of sulfonamides is 2. The number of benzene rings is 3. The van der Waals surface area contributed by atoms with Gasteiger partial charge in [0.05, 0.1) is 9.79 Å². The number of hydrogen-bond acceptors (Lipinski definition) is 5. The number of rotatable bonds is 12. The van der Waals surface area contributed by atoms with Crippen LogP contribution in [0.5, 0.6) is 0 Å². The van der Waals surface area contributed by atoms with Crippen molar-refractivity contribution in [2.24, 2.45) is 0 Å². The minimum Gasteiger partial charge on any atom is -0.303 e. The van der Waals surface area contributed by atoms with Gasteiger partial charge in [-0.1, -0.05) is 73.2 Å². The molecule has 1 atom stereocenters. The van der Waals surface area contributed by atoms with Crippen LogP contribution in [0.1, 0.15) is 43.2 Å². The Morgan fingerprint density at radius 2 is 1.35 bits per heavy atom. The topological polar surface area (TPSA) is 78.0 Å². The lowest BCUT2D eigenvalue weighted by molar-refractivity contribution is 0.156. The van der Waals surface area contributed by atoms with E-state index in [0.29, 0.717) is 22.9 Å². The highest BCUT2D eigenvalue weighted by Gasteiger charge is 2.33. The van der Waals surface area contributed by atoms with Crippen LogP contribution in [0.15, 0.2) is 94.7 Å². The minimum atomic E-state index is -3.59. The predicted octanol–water partition coefficient (Wildman–Crippen LogP) is 4.96. The molecule has 1 fully saturated rings. The summed E-state index contributed by atoms with van der Waals surface area (Å²) >= 11 is 0. The molecule has 9 heteroatoms. The van der Waals surface area contributed by atoms with Gasteiger partial charge >= 0.3 is 0 Å². The van der Waals surface area contributed by atoms with Crippen molar-refractivity contribution in [2.75, 3.05) is 39.8 Å². The average molecular weight is 584 g/mol. The molecule has 0 aliphatic carbocycles. The van der Waals surface area contributed by atoms with E-state index in [1.807, 2.05) is 50.2 Å². The molecule has 216 valence electrons. The largest absolute Gasteiger partial charge is 0.303 e. The van der Waals surface area contributed by atoms with Gasteiger partial charge in [0, 0.05) is 26.2 Å². The molecule has 0 aromatic heterocycles. The quantitative estimate of drug-likeness (QED) is 0.301. The lowest BCUT2D eigenvalue weighted by Gasteiger charge is -2.38. The molecule has 0 saturated carbocycles. The zero-order valence-corrected chi connectivity index (χ0v) is 25.3. The highest BCUT2D eigenvalue weighted by molar-refractivity contribution is 7.89. The Labute approximate surface area is 240 Å². The number of likely N-dealkylation sites (tertiary alicyclic amines) is 1. The summed E-state index contributed by atoms with van der Waals surface area (Å²) < 4.78 is 56.3. The molecular weight excluding hydrogens is 542 g/mol. The maximum Gasteiger partial charge on any atom is 0.243 e. The molecule has 3 aromatic rings. The first-order chi connectivity index (χ1) is 19.1. The Kier molecular flexibility index (Phi) is 10.2. The second kappa shape index (κ2) is 13.4. The highest BCUT2D eigenvalue weighted by atomic mass is 32.2. The van der Waals surface area contributed by atoms with Crippen LogP contribution >= 0.6 is 0 Å². The summed E-state index contributed by atoms with van der Waals surface area (Å²) in [4.78, 5) is 3.03. The lowest BCUT2D eigenvalue weighted by atomic mass is 9.94. The van der Waals surface area contributed by atoms with Crippen molar-refractivity contribution < 1.29 is 16.8 Å². The summed E-state index contributed by atoms with van der Waals surface area (Å²) in [5.41, 5.74) is 2.15. The molecule has 0 bridgehead atoms. The third kappa shape index (κ3) is 7.19. The van der Waals surface area contributed by atoms with Crippen LogP contribution in [0.3, 0.4) is 0 Å². The van der Waals surface area contributed by atoms with Gasteiger partial charge in [-0.25, -0.2) is 21.1 Å². The SMILES string of the molecule is CCN(C1CCN(CCC(CN(C)S(=O)(=O)c2ccccc2)c2ccccc2)CC1)S(=O)(=O)c1ccc(C)cc1. The molecule has 1 unspecified atom stereocenters. The van der Waals surface area contributed by atoms with Crippen molar-refractivity contribution in [3.05, 3.63) is 96.1 Å². The monoisotopic (exact) mass is 583 g/mol. The van der Waals surface area contributed by atoms with Crippen LogP contribution in [0.25, 0.3) is 0 Å². The van der Waals surface area contributed by atoms with Gasteiger partial charge in [0.1, 0.15) is 0 Å². The van der Waals surface area contributed by atoms with Gasteiger partial charge in [0.2, 0.25) is 20.0 Å². The molecule has 1 saturated heterocycles. The number of hydrogen-bond donors (Lipinski definition) is 0. The Hall–Kier alpha value is -2.56. The van der Waals surface area contributed by atoms with E-state index in [0.717, 1.165) is 50.0 Å². The highest BCUT2D eigenvalue weighted by Crippen LogP contribution is 2.27. The van der Waals surface area contributed by atoms with E-state index in [1.54, 1.807) is 47.8 Å². The van der Waals surface area contributed by atoms with Crippen molar-refractivity contribution in [3.8, 4) is 0 Å². The summed E-state index contributed by atoms with van der Waals surface area (Å²) in [6, 6.07) is 25.7. The summed E-state index contributed by atoms with van der Waals surface area (Å²) in [7, 11) is -5.48. The molecule has 7 nitrogen and oxygen atoms in total. The van der Waals surface area contributed by atoms with E-state index in [1.165, 1.54) is 4.31 Å². The third-order valence-corrected chi connectivity index (χ3v) is 11.8. The third-order valence-electron chi connectivity index (χ3n) is 7.90. The Balaban J connectivity index is 1.39. The van der Waals surface area contributed by atoms with Crippen LogP contribution in [0.2, 0.25) is 0 Å². The number of nitrogens with zero attached hydrogens (tertiary/aromatic N) is 3. The molecule has 0 N–H and O–H groups in total. The van der Waals surface area contributed by atoms with Crippen LogP contribution in [0.4, 0.5) is 0 Å². The standard InChI is InChI=1S/C31H41N3O4S2/c1-4-34(40(37,38)31-17-15-26(2)16-18-31)29-20-23-33(24-21-29)22-19-28(27-11-7-5-8-12-27)25-32(3)39(35,36)30-13-9-6-10-14-30/h5-18,28-29H,4,19-25H2,1-3H3. The normalized spacial score (nSPS) is 16.4. The first-order valence-corrected chi connectivity index (χ1v) is 16.9. The number of piperidine rings is 1. The van der Waals surface area contributed by atoms with E-state index in [4.69, 9.17) is 0 Å². The molecule has 4 rings (SSSR count). The van der Waals surface area contributed by atoms with Crippen LogP contribution < -0.4 is 0 Å². The summed E-state index contributed by atoms with van der Waals surface area (Å²) in [5.74, 6) is 0.0384. The average Bonchev–Trinajstić information content (AvgIpc) is 2.97. The Bertz CT molecular complexity index is 1420. The molecule has 0 amide bonds. The fourth-order valence-electron chi connectivity index (χ4n) is 5.51. The molecule has 0 radical (unpaired) electrons. The molecule has 0 spiro atoms. The van der Waals surface area contributed by atoms with Crippen molar-refractivity contribution in [2.45, 2.75) is 54.9 Å². The van der Waals surface area contributed by atoms with E-state index >= 15 is 0 Å². The van der Waals surface area contributed by atoms with Gasteiger partial charge in [-0.05, 0) is 81.6 Å². The van der Waals surface area contributed by atoms with E-state index in [2.05, 4.69) is 17.0 Å². The number of aryl methyl sites for hydroxylation is 1. The molecule has 1 aliphatic rings. The van der Waals surface area contributed by atoms with Gasteiger partial charge in [-0.15, -0.1) is 0 Å². The summed E-state index contributed by atoms with van der Waals surface area (Å²) in [5, 5.41) is 0.